The molecule has 0 saturated carbocycles. The van der Waals surface area contributed by atoms with Gasteiger partial charge in [-0.2, -0.15) is 0 Å². The minimum absolute atomic E-state index is 0.829. The van der Waals surface area contributed by atoms with Gasteiger partial charge in [0, 0.05) is 15.2 Å². The van der Waals surface area contributed by atoms with Crippen molar-refractivity contribution in [3.63, 3.8) is 0 Å². The average Bonchev–Trinajstić information content (AvgIpc) is 2.18. The molecule has 0 spiro atoms. The summed E-state index contributed by atoms with van der Waals surface area (Å²) in [5, 5.41) is 1.95. The summed E-state index contributed by atoms with van der Waals surface area (Å²) < 4.78 is 0. The Morgan fingerprint density at radius 3 is 2.79 bits per heavy atom. The molecule has 1 aromatic carbocycles. The first-order chi connectivity index (χ1) is 6.83. The van der Waals surface area contributed by atoms with E-state index in [1.807, 2.05) is 30.0 Å². The molecule has 0 nitrogen and oxygen atoms in total. The zero-order chi connectivity index (χ0) is 10.2. The molecule has 0 radical (unpaired) electrons. The van der Waals surface area contributed by atoms with Gasteiger partial charge in [-0.25, -0.2) is 0 Å². The lowest BCUT2D eigenvalue weighted by Gasteiger charge is -2.01. The van der Waals surface area contributed by atoms with E-state index in [1.165, 1.54) is 29.9 Å². The third-order valence-electron chi connectivity index (χ3n) is 1.84. The highest BCUT2D eigenvalue weighted by atomic mass is 79.9. The topological polar surface area (TPSA) is 0 Å². The highest BCUT2D eigenvalue weighted by Gasteiger charge is 1.95. The van der Waals surface area contributed by atoms with Crippen LogP contribution in [0.1, 0.15) is 19.3 Å². The van der Waals surface area contributed by atoms with Crippen molar-refractivity contribution in [2.75, 3.05) is 11.1 Å². The predicted octanol–water partition coefficient (Wildman–Crippen LogP) is 5.00. The molecule has 0 saturated heterocycles. The number of alkyl halides is 1. The van der Waals surface area contributed by atoms with Crippen LogP contribution in [0.25, 0.3) is 0 Å². The molecule has 0 N–H and O–H groups in total. The third-order valence-corrected chi connectivity index (χ3v) is 3.72. The normalized spacial score (nSPS) is 10.4. The van der Waals surface area contributed by atoms with Crippen LogP contribution in [0.2, 0.25) is 5.02 Å². The number of halogens is 2. The summed E-state index contributed by atoms with van der Waals surface area (Å²) in [6, 6.07) is 8.05. The Balaban J connectivity index is 2.18. The predicted molar refractivity (Wildman–Crippen MR) is 69.8 cm³/mol. The van der Waals surface area contributed by atoms with Crippen LogP contribution in [0.3, 0.4) is 0 Å². The second-order valence-electron chi connectivity index (χ2n) is 3.06. The number of thioether (sulfide) groups is 1. The van der Waals surface area contributed by atoms with E-state index in [0.29, 0.717) is 0 Å². The van der Waals surface area contributed by atoms with Gasteiger partial charge in [0.2, 0.25) is 0 Å². The Hall–Kier alpha value is 0.340. The molecule has 0 heterocycles. The number of hydrogen-bond donors (Lipinski definition) is 0. The minimum Gasteiger partial charge on any atom is -0.126 e. The standard InChI is InChI=1S/C11H14BrClS/c12-7-2-1-3-8-14-11-6-4-5-10(13)9-11/h4-6,9H,1-3,7-8H2. The van der Waals surface area contributed by atoms with Crippen LogP contribution in [0.5, 0.6) is 0 Å². The fourth-order valence-corrected chi connectivity index (χ4v) is 2.74. The van der Waals surface area contributed by atoms with Crippen molar-refractivity contribution in [2.45, 2.75) is 24.2 Å². The van der Waals surface area contributed by atoms with Gasteiger partial charge in [0.05, 0.1) is 0 Å². The molecule has 14 heavy (non-hydrogen) atoms. The highest BCUT2D eigenvalue weighted by molar-refractivity contribution is 9.09. The Kier molecular flexibility index (Phi) is 6.74. The largest absolute Gasteiger partial charge is 0.126 e. The van der Waals surface area contributed by atoms with E-state index in [1.54, 1.807) is 0 Å². The van der Waals surface area contributed by atoms with Gasteiger partial charge in [0.25, 0.3) is 0 Å². The zero-order valence-electron chi connectivity index (χ0n) is 8.01. The van der Waals surface area contributed by atoms with E-state index in [0.717, 1.165) is 10.4 Å². The Bertz CT molecular complexity index is 265. The number of unbranched alkanes of at least 4 members (excludes halogenated alkanes) is 2. The van der Waals surface area contributed by atoms with E-state index in [2.05, 4.69) is 22.0 Å². The molecule has 0 aliphatic carbocycles. The van der Waals surface area contributed by atoms with Crippen molar-refractivity contribution in [3.05, 3.63) is 29.3 Å². The lowest BCUT2D eigenvalue weighted by Crippen LogP contribution is -1.82. The summed E-state index contributed by atoms with van der Waals surface area (Å²) in [5.41, 5.74) is 0. The summed E-state index contributed by atoms with van der Waals surface area (Å²) in [6.07, 6.45) is 3.86. The summed E-state index contributed by atoms with van der Waals surface area (Å²) in [6.45, 7) is 0. The van der Waals surface area contributed by atoms with Gasteiger partial charge in [-0.05, 0) is 36.8 Å². The number of rotatable bonds is 6. The molecule has 0 aromatic heterocycles. The van der Waals surface area contributed by atoms with Crippen molar-refractivity contribution in [1.82, 2.24) is 0 Å². The van der Waals surface area contributed by atoms with Gasteiger partial charge >= 0.3 is 0 Å². The van der Waals surface area contributed by atoms with Crippen LogP contribution < -0.4 is 0 Å². The molecule has 0 aliphatic heterocycles. The Morgan fingerprint density at radius 2 is 2.07 bits per heavy atom. The van der Waals surface area contributed by atoms with E-state index >= 15 is 0 Å². The lowest BCUT2D eigenvalue weighted by atomic mass is 10.3. The minimum atomic E-state index is 0.829. The Labute approximate surface area is 104 Å². The second-order valence-corrected chi connectivity index (χ2v) is 5.45. The first-order valence-corrected chi connectivity index (χ1v) is 7.26. The first-order valence-electron chi connectivity index (χ1n) is 4.77. The van der Waals surface area contributed by atoms with Gasteiger partial charge in [-0.1, -0.05) is 40.0 Å². The van der Waals surface area contributed by atoms with Crippen LogP contribution in [0.15, 0.2) is 29.2 Å². The fraction of sp³-hybridized carbons (Fsp3) is 0.455. The molecule has 0 aliphatic rings. The van der Waals surface area contributed by atoms with E-state index < -0.39 is 0 Å². The summed E-state index contributed by atoms with van der Waals surface area (Å²) in [5.74, 6) is 1.19. The van der Waals surface area contributed by atoms with Crippen molar-refractivity contribution < 1.29 is 0 Å². The highest BCUT2D eigenvalue weighted by Crippen LogP contribution is 2.22. The van der Waals surface area contributed by atoms with Crippen molar-refractivity contribution in [1.29, 1.82) is 0 Å². The molecule has 3 heteroatoms. The van der Waals surface area contributed by atoms with Crippen molar-refractivity contribution in [3.8, 4) is 0 Å². The molecule has 0 bridgehead atoms. The van der Waals surface area contributed by atoms with Gasteiger partial charge < -0.3 is 0 Å². The maximum absolute atomic E-state index is 5.89. The molecule has 78 valence electrons. The zero-order valence-corrected chi connectivity index (χ0v) is 11.2. The van der Waals surface area contributed by atoms with E-state index in [4.69, 9.17) is 11.6 Å². The van der Waals surface area contributed by atoms with Crippen LogP contribution in [-0.4, -0.2) is 11.1 Å². The molecule has 0 fully saturated rings. The molecular formula is C11H14BrClS. The average molecular weight is 294 g/mol. The quantitative estimate of drug-likeness (QED) is 0.404. The smallest absolute Gasteiger partial charge is 0.0417 e. The molecule has 0 amide bonds. The molecule has 0 atom stereocenters. The van der Waals surface area contributed by atoms with Crippen LogP contribution in [0.4, 0.5) is 0 Å². The van der Waals surface area contributed by atoms with Gasteiger partial charge in [0.1, 0.15) is 0 Å². The van der Waals surface area contributed by atoms with Gasteiger partial charge in [-0.15, -0.1) is 11.8 Å². The van der Waals surface area contributed by atoms with Crippen LogP contribution in [0, 0.1) is 0 Å². The summed E-state index contributed by atoms with van der Waals surface area (Å²) >= 11 is 11.2. The molecule has 0 unspecified atom stereocenters. The third kappa shape index (κ3) is 5.28. The van der Waals surface area contributed by atoms with E-state index in [-0.39, 0.29) is 0 Å². The number of benzene rings is 1. The SMILES string of the molecule is Clc1cccc(SCCCCCBr)c1. The fourth-order valence-electron chi connectivity index (χ4n) is 1.12. The second kappa shape index (κ2) is 7.61. The first kappa shape index (κ1) is 12.4. The maximum atomic E-state index is 5.89. The Morgan fingerprint density at radius 1 is 1.21 bits per heavy atom. The summed E-state index contributed by atoms with van der Waals surface area (Å²) in [7, 11) is 0. The maximum Gasteiger partial charge on any atom is 0.0417 e. The molecule has 1 rings (SSSR count). The van der Waals surface area contributed by atoms with Crippen LogP contribution in [-0.2, 0) is 0 Å². The molecular weight excluding hydrogens is 280 g/mol. The monoisotopic (exact) mass is 292 g/mol. The lowest BCUT2D eigenvalue weighted by molar-refractivity contribution is 0.788. The van der Waals surface area contributed by atoms with Gasteiger partial charge in [-0.3, -0.25) is 0 Å². The van der Waals surface area contributed by atoms with E-state index in [9.17, 15) is 0 Å². The summed E-state index contributed by atoms with van der Waals surface area (Å²) in [4.78, 5) is 1.27. The van der Waals surface area contributed by atoms with Gasteiger partial charge in [0.15, 0.2) is 0 Å². The number of hydrogen-bond acceptors (Lipinski definition) is 1. The van der Waals surface area contributed by atoms with Crippen LogP contribution >= 0.6 is 39.3 Å². The molecule has 1 aromatic rings. The van der Waals surface area contributed by atoms with Crippen molar-refractivity contribution >= 4 is 39.3 Å². The van der Waals surface area contributed by atoms with Crippen molar-refractivity contribution in [2.24, 2.45) is 0 Å².